The van der Waals surface area contributed by atoms with Gasteiger partial charge in [0.2, 0.25) is 0 Å². The number of carbonyl (C=O) groups excluding carboxylic acids is 1. The highest BCUT2D eigenvalue weighted by atomic mass is 35.5. The second kappa shape index (κ2) is 5.57. The van der Waals surface area contributed by atoms with Crippen molar-refractivity contribution in [1.29, 1.82) is 0 Å². The van der Waals surface area contributed by atoms with E-state index >= 15 is 0 Å². The van der Waals surface area contributed by atoms with E-state index in [0.29, 0.717) is 11.4 Å². The van der Waals surface area contributed by atoms with Gasteiger partial charge < -0.3 is 14.2 Å². The average Bonchev–Trinajstić information content (AvgIpc) is 3.23. The maximum absolute atomic E-state index is 12.9. The minimum absolute atomic E-state index is 0.00822. The Morgan fingerprint density at radius 2 is 2.26 bits per heavy atom. The predicted octanol–water partition coefficient (Wildman–Crippen LogP) is 3.30. The van der Waals surface area contributed by atoms with Crippen LogP contribution >= 0.6 is 11.6 Å². The fraction of sp³-hybridized carbons (Fsp3) is 0.412. The summed E-state index contributed by atoms with van der Waals surface area (Å²) in [7, 11) is 0. The van der Waals surface area contributed by atoms with Gasteiger partial charge >= 0.3 is 0 Å². The number of hydrogen-bond acceptors (Lipinski definition) is 4. The topological polar surface area (TPSA) is 55.6 Å². The summed E-state index contributed by atoms with van der Waals surface area (Å²) in [6.07, 6.45) is 1.94. The number of amides is 1. The summed E-state index contributed by atoms with van der Waals surface area (Å²) < 4.78 is 11.2. The number of rotatable bonds is 2. The molecule has 0 aliphatic carbocycles. The fourth-order valence-corrected chi connectivity index (χ4v) is 3.60. The number of likely N-dealkylation sites (tertiary alicyclic amines) is 1. The molecule has 2 aromatic rings. The van der Waals surface area contributed by atoms with Gasteiger partial charge in [0.05, 0.1) is 11.7 Å². The lowest BCUT2D eigenvalue weighted by Gasteiger charge is -2.25. The lowest BCUT2D eigenvalue weighted by molar-refractivity contribution is -0.139. The molecule has 1 amide bonds. The van der Waals surface area contributed by atoms with Crippen LogP contribution in [-0.2, 0) is 11.2 Å². The highest BCUT2D eigenvalue weighted by Crippen LogP contribution is 2.36. The molecule has 0 bridgehead atoms. The first kappa shape index (κ1) is 14.6. The first-order valence-corrected chi connectivity index (χ1v) is 8.18. The molecule has 0 N–H and O–H groups in total. The van der Waals surface area contributed by atoms with E-state index in [1.165, 1.54) is 0 Å². The van der Waals surface area contributed by atoms with Crippen LogP contribution in [0.15, 0.2) is 28.8 Å². The molecular weight excluding hydrogens is 316 g/mol. The zero-order valence-electron chi connectivity index (χ0n) is 12.8. The van der Waals surface area contributed by atoms with Gasteiger partial charge in [0.1, 0.15) is 5.75 Å². The van der Waals surface area contributed by atoms with Crippen molar-refractivity contribution in [2.24, 2.45) is 0 Å². The predicted molar refractivity (Wildman–Crippen MR) is 84.5 cm³/mol. The zero-order chi connectivity index (χ0) is 16.0. The van der Waals surface area contributed by atoms with Crippen molar-refractivity contribution in [1.82, 2.24) is 10.1 Å². The maximum atomic E-state index is 12.9. The second-order valence-electron chi connectivity index (χ2n) is 6.12. The number of hydrogen-bond donors (Lipinski definition) is 0. The number of fused-ring (bicyclic) bond motifs is 1. The number of aromatic nitrogens is 1. The SMILES string of the molecule is Cc1cc([C@H]2CCCN2C(=O)[C@@H]2Cc3cc(Cl)ccc3O2)on1. The molecule has 4 rings (SSSR count). The number of aryl methyl sites for hydroxylation is 1. The van der Waals surface area contributed by atoms with E-state index in [9.17, 15) is 4.79 Å². The van der Waals surface area contributed by atoms with Crippen molar-refractivity contribution >= 4 is 17.5 Å². The Hall–Kier alpha value is -2.01. The summed E-state index contributed by atoms with van der Waals surface area (Å²) in [5.41, 5.74) is 1.82. The molecule has 5 nitrogen and oxygen atoms in total. The van der Waals surface area contributed by atoms with Gasteiger partial charge in [0.25, 0.3) is 5.91 Å². The van der Waals surface area contributed by atoms with Crippen molar-refractivity contribution in [3.63, 3.8) is 0 Å². The van der Waals surface area contributed by atoms with Gasteiger partial charge in [0.15, 0.2) is 11.9 Å². The van der Waals surface area contributed by atoms with Gasteiger partial charge in [-0.05, 0) is 43.5 Å². The number of ether oxygens (including phenoxy) is 1. The number of carbonyl (C=O) groups is 1. The number of nitrogens with zero attached hydrogens (tertiary/aromatic N) is 2. The largest absolute Gasteiger partial charge is 0.480 e. The molecule has 0 saturated carbocycles. The molecule has 0 spiro atoms. The molecule has 23 heavy (non-hydrogen) atoms. The highest BCUT2D eigenvalue weighted by molar-refractivity contribution is 6.30. The van der Waals surface area contributed by atoms with Crippen LogP contribution in [0.2, 0.25) is 5.02 Å². The molecule has 2 aliphatic rings. The summed E-state index contributed by atoms with van der Waals surface area (Å²) in [5.74, 6) is 1.51. The van der Waals surface area contributed by atoms with E-state index in [1.54, 1.807) is 6.07 Å². The molecule has 1 aromatic carbocycles. The lowest BCUT2D eigenvalue weighted by Crippen LogP contribution is -2.40. The standard InChI is InChI=1S/C17H17ClN2O3/c1-10-7-15(23-19-10)13-3-2-6-20(13)17(21)16-9-11-8-12(18)4-5-14(11)22-16/h4-5,7-8,13,16H,2-3,6,9H2,1H3/t13-,16+/m1/s1. The highest BCUT2D eigenvalue weighted by Gasteiger charge is 2.39. The molecule has 1 saturated heterocycles. The smallest absolute Gasteiger partial charge is 0.264 e. The van der Waals surface area contributed by atoms with Crippen LogP contribution in [0.3, 0.4) is 0 Å². The van der Waals surface area contributed by atoms with E-state index in [1.807, 2.05) is 30.0 Å². The quantitative estimate of drug-likeness (QED) is 0.846. The molecule has 0 unspecified atom stereocenters. The van der Waals surface area contributed by atoms with Crippen molar-refractivity contribution in [2.45, 2.75) is 38.3 Å². The van der Waals surface area contributed by atoms with E-state index < -0.39 is 6.10 Å². The van der Waals surface area contributed by atoms with Gasteiger partial charge in [-0.1, -0.05) is 16.8 Å². The minimum atomic E-state index is -0.479. The Morgan fingerprint density at radius 1 is 1.39 bits per heavy atom. The van der Waals surface area contributed by atoms with Crippen LogP contribution < -0.4 is 4.74 Å². The summed E-state index contributed by atoms with van der Waals surface area (Å²) >= 11 is 6.01. The van der Waals surface area contributed by atoms with Crippen LogP contribution in [0.5, 0.6) is 5.75 Å². The van der Waals surface area contributed by atoms with Crippen LogP contribution in [0.25, 0.3) is 0 Å². The molecule has 0 radical (unpaired) electrons. The third kappa shape index (κ3) is 2.59. The Balaban J connectivity index is 1.53. The third-order valence-corrected chi connectivity index (χ3v) is 4.72. The van der Waals surface area contributed by atoms with E-state index in [4.69, 9.17) is 20.9 Å². The van der Waals surface area contributed by atoms with Crippen molar-refractivity contribution in [2.75, 3.05) is 6.54 Å². The fourth-order valence-electron chi connectivity index (χ4n) is 3.41. The zero-order valence-corrected chi connectivity index (χ0v) is 13.5. The average molecular weight is 333 g/mol. The van der Waals surface area contributed by atoms with Crippen molar-refractivity contribution in [3.05, 3.63) is 46.3 Å². The van der Waals surface area contributed by atoms with Gasteiger partial charge in [-0.3, -0.25) is 4.79 Å². The first-order valence-electron chi connectivity index (χ1n) is 7.80. The number of halogens is 1. The maximum Gasteiger partial charge on any atom is 0.264 e. The molecule has 3 heterocycles. The van der Waals surface area contributed by atoms with Crippen LogP contribution in [-0.4, -0.2) is 28.6 Å². The lowest BCUT2D eigenvalue weighted by atomic mass is 10.1. The van der Waals surface area contributed by atoms with Gasteiger partial charge in [0, 0.05) is 24.1 Å². The van der Waals surface area contributed by atoms with Gasteiger partial charge in [-0.15, -0.1) is 0 Å². The molecule has 120 valence electrons. The Morgan fingerprint density at radius 3 is 3.04 bits per heavy atom. The molecule has 1 aromatic heterocycles. The number of benzene rings is 1. The Kier molecular flexibility index (Phi) is 3.53. The summed E-state index contributed by atoms with van der Waals surface area (Å²) in [6, 6.07) is 7.33. The van der Waals surface area contributed by atoms with Gasteiger partial charge in [-0.25, -0.2) is 0 Å². The summed E-state index contributed by atoms with van der Waals surface area (Å²) in [4.78, 5) is 14.8. The summed E-state index contributed by atoms with van der Waals surface area (Å²) in [6.45, 7) is 2.61. The minimum Gasteiger partial charge on any atom is -0.480 e. The Bertz CT molecular complexity index is 758. The second-order valence-corrected chi connectivity index (χ2v) is 6.56. The molecule has 2 atom stereocenters. The van der Waals surface area contributed by atoms with E-state index in [2.05, 4.69) is 5.16 Å². The molecule has 6 heteroatoms. The molecule has 1 fully saturated rings. The first-order chi connectivity index (χ1) is 11.1. The normalized spacial score (nSPS) is 23.0. The van der Waals surface area contributed by atoms with E-state index in [-0.39, 0.29) is 11.9 Å². The monoisotopic (exact) mass is 332 g/mol. The van der Waals surface area contributed by atoms with Gasteiger partial charge in [-0.2, -0.15) is 0 Å². The molecular formula is C17H17ClN2O3. The van der Waals surface area contributed by atoms with Crippen molar-refractivity contribution < 1.29 is 14.1 Å². The van der Waals surface area contributed by atoms with Crippen LogP contribution in [0, 0.1) is 6.92 Å². The van der Waals surface area contributed by atoms with E-state index in [0.717, 1.165) is 42.2 Å². The van der Waals surface area contributed by atoms with Crippen molar-refractivity contribution in [3.8, 4) is 5.75 Å². The van der Waals surface area contributed by atoms with Crippen LogP contribution in [0.4, 0.5) is 0 Å². The Labute approximate surface area is 139 Å². The third-order valence-electron chi connectivity index (χ3n) is 4.48. The molecule has 2 aliphatic heterocycles. The van der Waals surface area contributed by atoms with Crippen LogP contribution in [0.1, 0.15) is 35.9 Å². The summed E-state index contributed by atoms with van der Waals surface area (Å²) in [5, 5.41) is 4.60.